The molecule has 0 aromatic carbocycles. The highest BCUT2D eigenvalue weighted by atomic mass is 16.2. The van der Waals surface area contributed by atoms with Crippen molar-refractivity contribution in [2.75, 3.05) is 30.9 Å². The molecule has 0 spiro atoms. The molecular formula is C16H23N5O. The second-order valence-corrected chi connectivity index (χ2v) is 5.64. The zero-order valence-corrected chi connectivity index (χ0v) is 14.1. The first-order chi connectivity index (χ1) is 10.3. The Kier molecular flexibility index (Phi) is 4.49. The van der Waals surface area contributed by atoms with Gasteiger partial charge in [0.15, 0.2) is 5.82 Å². The Morgan fingerprint density at radius 1 is 1.27 bits per heavy atom. The van der Waals surface area contributed by atoms with Crippen molar-refractivity contribution >= 4 is 17.4 Å². The van der Waals surface area contributed by atoms with E-state index in [0.29, 0.717) is 6.42 Å². The lowest BCUT2D eigenvalue weighted by atomic mass is 10.1. The molecule has 2 heterocycles. The molecule has 0 saturated carbocycles. The Hall–Kier alpha value is -2.37. The Balaban J connectivity index is 2.27. The number of pyridine rings is 1. The lowest BCUT2D eigenvalue weighted by molar-refractivity contribution is -0.117. The second-order valence-electron chi connectivity index (χ2n) is 5.64. The maximum Gasteiger partial charge on any atom is 0.231 e. The van der Waals surface area contributed by atoms with Gasteiger partial charge in [-0.25, -0.2) is 4.98 Å². The molecule has 0 aliphatic rings. The first kappa shape index (κ1) is 16.0. The number of likely N-dealkylation sites (N-methyl/N-ethyl adjacent to an activating group) is 1. The van der Waals surface area contributed by atoms with E-state index < -0.39 is 0 Å². The van der Waals surface area contributed by atoms with Crippen molar-refractivity contribution in [3.8, 4) is 0 Å². The molecule has 2 rings (SSSR count). The lowest BCUT2D eigenvalue weighted by Gasteiger charge is -2.23. The normalized spacial score (nSPS) is 10.6. The third-order valence-corrected chi connectivity index (χ3v) is 3.91. The van der Waals surface area contributed by atoms with Crippen molar-refractivity contribution in [2.24, 2.45) is 7.05 Å². The van der Waals surface area contributed by atoms with Gasteiger partial charge >= 0.3 is 0 Å². The molecule has 2 aromatic heterocycles. The summed E-state index contributed by atoms with van der Waals surface area (Å²) in [5.74, 6) is 0.799. The third kappa shape index (κ3) is 2.95. The van der Waals surface area contributed by atoms with E-state index in [1.807, 2.05) is 56.7 Å². The summed E-state index contributed by atoms with van der Waals surface area (Å²) in [4.78, 5) is 20.6. The smallest absolute Gasteiger partial charge is 0.231 e. The molecule has 0 aliphatic carbocycles. The van der Waals surface area contributed by atoms with Gasteiger partial charge in [0.2, 0.25) is 5.91 Å². The van der Waals surface area contributed by atoms with Crippen LogP contribution in [-0.2, 0) is 18.3 Å². The predicted octanol–water partition coefficient (Wildman–Crippen LogP) is 1.70. The molecule has 0 fully saturated rings. The molecule has 0 saturated heterocycles. The van der Waals surface area contributed by atoms with Crippen LogP contribution >= 0.6 is 0 Å². The number of aryl methyl sites for hydroxylation is 2. The van der Waals surface area contributed by atoms with Crippen molar-refractivity contribution in [3.63, 3.8) is 0 Å². The van der Waals surface area contributed by atoms with Crippen LogP contribution in [0.25, 0.3) is 0 Å². The molecule has 0 N–H and O–H groups in total. The van der Waals surface area contributed by atoms with Crippen LogP contribution in [0.5, 0.6) is 0 Å². The van der Waals surface area contributed by atoms with Gasteiger partial charge in [-0.1, -0.05) is 0 Å². The molecule has 6 nitrogen and oxygen atoms in total. The van der Waals surface area contributed by atoms with Gasteiger partial charge in [0.1, 0.15) is 0 Å². The molecule has 0 radical (unpaired) electrons. The van der Waals surface area contributed by atoms with E-state index in [1.165, 1.54) is 0 Å². The molecule has 118 valence electrons. The maximum absolute atomic E-state index is 12.6. The monoisotopic (exact) mass is 301 g/mol. The lowest BCUT2D eigenvalue weighted by Crippen LogP contribution is -2.30. The van der Waals surface area contributed by atoms with Crippen LogP contribution in [0.15, 0.2) is 18.3 Å². The average Bonchev–Trinajstić information content (AvgIpc) is 2.72. The van der Waals surface area contributed by atoms with Crippen LogP contribution in [0.4, 0.5) is 11.5 Å². The van der Waals surface area contributed by atoms with Crippen LogP contribution in [-0.4, -0.2) is 41.8 Å². The van der Waals surface area contributed by atoms with Gasteiger partial charge in [0.05, 0.1) is 17.8 Å². The molecule has 0 unspecified atom stereocenters. The Bertz CT molecular complexity index is 690. The topological polar surface area (TPSA) is 54.3 Å². The van der Waals surface area contributed by atoms with Gasteiger partial charge in [-0.05, 0) is 26.0 Å². The largest absolute Gasteiger partial charge is 0.361 e. The summed E-state index contributed by atoms with van der Waals surface area (Å²) in [7, 11) is 7.51. The van der Waals surface area contributed by atoms with Crippen LogP contribution < -0.4 is 9.80 Å². The zero-order valence-electron chi connectivity index (χ0n) is 14.1. The second kappa shape index (κ2) is 6.17. The fourth-order valence-electron chi connectivity index (χ4n) is 2.47. The average molecular weight is 301 g/mol. The Labute approximate surface area is 131 Å². The quantitative estimate of drug-likeness (QED) is 0.862. The Morgan fingerprint density at radius 3 is 2.50 bits per heavy atom. The highest BCUT2D eigenvalue weighted by molar-refractivity contribution is 5.97. The van der Waals surface area contributed by atoms with E-state index in [2.05, 4.69) is 10.1 Å². The summed E-state index contributed by atoms with van der Waals surface area (Å²) >= 11 is 0. The van der Waals surface area contributed by atoms with Gasteiger partial charge < -0.3 is 9.80 Å². The molecule has 0 atom stereocenters. The standard InChI is InChI=1S/C16H23N5O/c1-11-13(12(2)21(6)18-11)10-15(22)20(5)14-8-7-9-17-16(14)19(3)4/h7-9H,10H2,1-6H3. The molecule has 0 aliphatic heterocycles. The van der Waals surface area contributed by atoms with Crippen molar-refractivity contribution in [1.29, 1.82) is 0 Å². The molecule has 6 heteroatoms. The highest BCUT2D eigenvalue weighted by Gasteiger charge is 2.20. The minimum Gasteiger partial charge on any atom is -0.361 e. The molecule has 2 aromatic rings. The molecule has 1 amide bonds. The van der Waals surface area contributed by atoms with E-state index in [-0.39, 0.29) is 5.91 Å². The summed E-state index contributed by atoms with van der Waals surface area (Å²) in [5, 5.41) is 4.37. The summed E-state index contributed by atoms with van der Waals surface area (Å²) in [5.41, 5.74) is 3.73. The maximum atomic E-state index is 12.6. The number of hydrogen-bond acceptors (Lipinski definition) is 4. The SMILES string of the molecule is Cc1nn(C)c(C)c1CC(=O)N(C)c1cccnc1N(C)C. The van der Waals surface area contributed by atoms with Gasteiger partial charge in [0, 0.05) is 45.6 Å². The number of carbonyl (C=O) groups is 1. The number of hydrogen-bond donors (Lipinski definition) is 0. The highest BCUT2D eigenvalue weighted by Crippen LogP contribution is 2.25. The molecule has 22 heavy (non-hydrogen) atoms. The van der Waals surface area contributed by atoms with Crippen molar-refractivity contribution in [1.82, 2.24) is 14.8 Å². The first-order valence-electron chi connectivity index (χ1n) is 7.21. The number of nitrogens with zero attached hydrogens (tertiary/aromatic N) is 5. The molecular weight excluding hydrogens is 278 g/mol. The number of aromatic nitrogens is 3. The van der Waals surface area contributed by atoms with Crippen LogP contribution in [0.1, 0.15) is 17.0 Å². The van der Waals surface area contributed by atoms with E-state index in [1.54, 1.807) is 18.1 Å². The van der Waals surface area contributed by atoms with E-state index in [0.717, 1.165) is 28.5 Å². The fraction of sp³-hybridized carbons (Fsp3) is 0.438. The van der Waals surface area contributed by atoms with Crippen LogP contribution in [0.3, 0.4) is 0 Å². The zero-order chi connectivity index (χ0) is 16.4. The minimum absolute atomic E-state index is 0.0234. The van der Waals surface area contributed by atoms with Gasteiger partial charge in [0.25, 0.3) is 0 Å². The summed E-state index contributed by atoms with van der Waals surface area (Å²) in [6.07, 6.45) is 2.07. The van der Waals surface area contributed by atoms with Crippen molar-refractivity contribution < 1.29 is 4.79 Å². The van der Waals surface area contributed by atoms with Gasteiger partial charge in [-0.3, -0.25) is 9.48 Å². The predicted molar refractivity (Wildman–Crippen MR) is 88.4 cm³/mol. The van der Waals surface area contributed by atoms with Gasteiger partial charge in [-0.15, -0.1) is 0 Å². The van der Waals surface area contributed by atoms with E-state index in [9.17, 15) is 4.79 Å². The number of amides is 1. The van der Waals surface area contributed by atoms with Gasteiger partial charge in [-0.2, -0.15) is 5.10 Å². The minimum atomic E-state index is 0.0234. The van der Waals surface area contributed by atoms with E-state index >= 15 is 0 Å². The summed E-state index contributed by atoms with van der Waals surface area (Å²) in [6, 6.07) is 3.75. The molecule has 0 bridgehead atoms. The number of rotatable bonds is 4. The van der Waals surface area contributed by atoms with Crippen molar-refractivity contribution in [3.05, 3.63) is 35.3 Å². The third-order valence-electron chi connectivity index (χ3n) is 3.91. The van der Waals surface area contributed by atoms with E-state index in [4.69, 9.17) is 0 Å². The van der Waals surface area contributed by atoms with Crippen molar-refractivity contribution in [2.45, 2.75) is 20.3 Å². The van der Waals surface area contributed by atoms with Crippen LogP contribution in [0.2, 0.25) is 0 Å². The van der Waals surface area contributed by atoms with Crippen LogP contribution in [0, 0.1) is 13.8 Å². The first-order valence-corrected chi connectivity index (χ1v) is 7.21. The fourth-order valence-corrected chi connectivity index (χ4v) is 2.47. The summed E-state index contributed by atoms with van der Waals surface area (Å²) < 4.78 is 1.81. The Morgan fingerprint density at radius 2 is 1.95 bits per heavy atom. The number of anilines is 2. The summed E-state index contributed by atoms with van der Waals surface area (Å²) in [6.45, 7) is 3.92. The number of carbonyl (C=O) groups excluding carboxylic acids is 1.